The fraction of sp³-hybridized carbons (Fsp3) is 0.692. The number of nitrogens with zero attached hydrogens (tertiary/aromatic N) is 1. The van der Waals surface area contributed by atoms with E-state index in [2.05, 4.69) is 4.98 Å². The van der Waals surface area contributed by atoms with Crippen LogP contribution in [0.25, 0.3) is 0 Å². The summed E-state index contributed by atoms with van der Waals surface area (Å²) in [7, 11) is 1.66. The molecule has 0 aliphatic rings. The smallest absolute Gasteiger partial charge is 0.347 e. The Morgan fingerprint density at radius 1 is 1.39 bits per heavy atom. The van der Waals surface area contributed by atoms with Gasteiger partial charge in [-0.1, -0.05) is 27.2 Å². The number of ether oxygens (including phenoxy) is 1. The Kier molecular flexibility index (Phi) is 5.28. The Morgan fingerprint density at radius 2 is 2.00 bits per heavy atom. The van der Waals surface area contributed by atoms with Crippen LogP contribution in [0, 0.1) is 0 Å². The summed E-state index contributed by atoms with van der Waals surface area (Å²) in [6.45, 7) is 6.09. The molecule has 1 N–H and O–H groups in total. The lowest BCUT2D eigenvalue weighted by atomic mass is 9.98. The van der Waals surface area contributed by atoms with Crippen molar-refractivity contribution in [1.29, 1.82) is 0 Å². The van der Waals surface area contributed by atoms with Gasteiger partial charge < -0.3 is 9.84 Å². The molecule has 0 amide bonds. The molecule has 5 heteroatoms. The molecule has 0 radical (unpaired) electrons. The molecule has 1 rings (SSSR count). The highest BCUT2D eigenvalue weighted by Crippen LogP contribution is 2.36. The van der Waals surface area contributed by atoms with E-state index in [0.29, 0.717) is 17.0 Å². The number of thiazole rings is 1. The highest BCUT2D eigenvalue weighted by Gasteiger charge is 2.33. The Morgan fingerprint density at radius 3 is 2.39 bits per heavy atom. The van der Waals surface area contributed by atoms with E-state index in [4.69, 9.17) is 4.74 Å². The monoisotopic (exact) mass is 271 g/mol. The SMILES string of the molecule is CCCc1nc(C(CC)(CC)OC)sc1C(=O)O. The van der Waals surface area contributed by atoms with E-state index >= 15 is 0 Å². The van der Waals surface area contributed by atoms with Crippen molar-refractivity contribution in [2.75, 3.05) is 7.11 Å². The molecule has 0 aromatic carbocycles. The Bertz CT molecular complexity index is 402. The van der Waals surface area contributed by atoms with E-state index in [1.165, 1.54) is 11.3 Å². The minimum Gasteiger partial charge on any atom is -0.477 e. The normalized spacial score (nSPS) is 11.8. The first-order valence-corrected chi connectivity index (χ1v) is 7.14. The zero-order chi connectivity index (χ0) is 13.8. The van der Waals surface area contributed by atoms with E-state index in [-0.39, 0.29) is 0 Å². The van der Waals surface area contributed by atoms with E-state index in [1.807, 2.05) is 20.8 Å². The van der Waals surface area contributed by atoms with Crippen molar-refractivity contribution in [3.05, 3.63) is 15.6 Å². The maximum absolute atomic E-state index is 11.2. The van der Waals surface area contributed by atoms with Crippen LogP contribution >= 0.6 is 11.3 Å². The van der Waals surface area contributed by atoms with Gasteiger partial charge in [0, 0.05) is 7.11 Å². The largest absolute Gasteiger partial charge is 0.477 e. The van der Waals surface area contributed by atoms with Crippen LogP contribution in [0.2, 0.25) is 0 Å². The van der Waals surface area contributed by atoms with E-state index < -0.39 is 11.6 Å². The maximum Gasteiger partial charge on any atom is 0.347 e. The Balaban J connectivity index is 3.25. The molecule has 0 atom stereocenters. The predicted octanol–water partition coefficient (Wildman–Crippen LogP) is 3.46. The quantitative estimate of drug-likeness (QED) is 0.825. The summed E-state index contributed by atoms with van der Waals surface area (Å²) in [6, 6.07) is 0. The molecule has 0 bridgehead atoms. The van der Waals surface area contributed by atoms with Crippen molar-refractivity contribution in [2.45, 2.75) is 52.1 Å². The zero-order valence-corrected chi connectivity index (χ0v) is 12.3. The first-order valence-electron chi connectivity index (χ1n) is 6.33. The van der Waals surface area contributed by atoms with Gasteiger partial charge in [-0.05, 0) is 19.3 Å². The third-order valence-corrected chi connectivity index (χ3v) is 4.57. The lowest BCUT2D eigenvalue weighted by Crippen LogP contribution is -2.26. The average molecular weight is 271 g/mol. The molecule has 0 saturated heterocycles. The van der Waals surface area contributed by atoms with Gasteiger partial charge in [0.05, 0.1) is 5.69 Å². The first kappa shape index (κ1) is 15.1. The fourth-order valence-electron chi connectivity index (χ4n) is 2.05. The van der Waals surface area contributed by atoms with Gasteiger partial charge in [-0.2, -0.15) is 0 Å². The molecule has 1 heterocycles. The number of hydrogen-bond donors (Lipinski definition) is 1. The molecule has 0 spiro atoms. The third-order valence-electron chi connectivity index (χ3n) is 3.30. The molecule has 0 aliphatic carbocycles. The summed E-state index contributed by atoms with van der Waals surface area (Å²) in [4.78, 5) is 16.1. The van der Waals surface area contributed by atoms with E-state index in [0.717, 1.165) is 24.3 Å². The second-order valence-electron chi connectivity index (χ2n) is 4.26. The zero-order valence-electron chi connectivity index (χ0n) is 11.4. The Hall–Kier alpha value is -0.940. The van der Waals surface area contributed by atoms with Gasteiger partial charge in [0.15, 0.2) is 0 Å². The van der Waals surface area contributed by atoms with Crippen LogP contribution < -0.4 is 0 Å². The number of carboxylic acid groups (broad SMARTS) is 1. The lowest BCUT2D eigenvalue weighted by molar-refractivity contribution is -0.0219. The van der Waals surface area contributed by atoms with Crippen LogP contribution in [0.3, 0.4) is 0 Å². The Labute approximate surface area is 112 Å². The van der Waals surface area contributed by atoms with E-state index in [1.54, 1.807) is 7.11 Å². The summed E-state index contributed by atoms with van der Waals surface area (Å²) in [5, 5.41) is 10.0. The van der Waals surface area contributed by atoms with Gasteiger partial charge in [0.1, 0.15) is 15.5 Å². The summed E-state index contributed by atoms with van der Waals surface area (Å²) < 4.78 is 5.60. The van der Waals surface area contributed by atoms with Gasteiger partial charge in [-0.25, -0.2) is 9.78 Å². The molecule has 0 aliphatic heterocycles. The van der Waals surface area contributed by atoms with Gasteiger partial charge >= 0.3 is 5.97 Å². The van der Waals surface area contributed by atoms with Crippen LogP contribution in [0.5, 0.6) is 0 Å². The summed E-state index contributed by atoms with van der Waals surface area (Å²) in [5.41, 5.74) is 0.245. The van der Waals surface area contributed by atoms with Crippen molar-refractivity contribution in [3.63, 3.8) is 0 Å². The second kappa shape index (κ2) is 6.29. The molecule has 1 aromatic rings. The van der Waals surface area contributed by atoms with Crippen LogP contribution in [0.4, 0.5) is 0 Å². The molecule has 0 saturated carbocycles. The van der Waals surface area contributed by atoms with Crippen LogP contribution in [0.1, 0.15) is 60.4 Å². The van der Waals surface area contributed by atoms with E-state index in [9.17, 15) is 9.90 Å². The number of methoxy groups -OCH3 is 1. The predicted molar refractivity (Wildman–Crippen MR) is 72.3 cm³/mol. The molecule has 0 fully saturated rings. The second-order valence-corrected chi connectivity index (χ2v) is 5.25. The topological polar surface area (TPSA) is 59.4 Å². The van der Waals surface area contributed by atoms with Crippen molar-refractivity contribution in [3.8, 4) is 0 Å². The van der Waals surface area contributed by atoms with Gasteiger partial charge in [0.25, 0.3) is 0 Å². The molecular weight excluding hydrogens is 250 g/mol. The van der Waals surface area contributed by atoms with Crippen LogP contribution in [-0.4, -0.2) is 23.2 Å². The van der Waals surface area contributed by atoms with Crippen molar-refractivity contribution >= 4 is 17.3 Å². The number of carboxylic acids is 1. The summed E-state index contributed by atoms with van der Waals surface area (Å²) >= 11 is 1.25. The maximum atomic E-state index is 11.2. The highest BCUT2D eigenvalue weighted by molar-refractivity contribution is 7.13. The summed E-state index contributed by atoms with van der Waals surface area (Å²) in [5.74, 6) is -0.889. The third kappa shape index (κ3) is 2.72. The van der Waals surface area contributed by atoms with Gasteiger partial charge in [-0.3, -0.25) is 0 Å². The molecular formula is C13H21NO3S. The molecule has 4 nitrogen and oxygen atoms in total. The lowest BCUT2D eigenvalue weighted by Gasteiger charge is -2.27. The van der Waals surface area contributed by atoms with Gasteiger partial charge in [0.2, 0.25) is 0 Å². The van der Waals surface area contributed by atoms with Gasteiger partial charge in [-0.15, -0.1) is 11.3 Å². The van der Waals surface area contributed by atoms with Crippen molar-refractivity contribution < 1.29 is 14.6 Å². The molecule has 102 valence electrons. The number of aryl methyl sites for hydroxylation is 1. The average Bonchev–Trinajstić information content (AvgIpc) is 2.77. The highest BCUT2D eigenvalue weighted by atomic mass is 32.1. The van der Waals surface area contributed by atoms with Crippen LogP contribution in [0.15, 0.2) is 0 Å². The number of aromatic carboxylic acids is 1. The summed E-state index contributed by atoms with van der Waals surface area (Å²) in [6.07, 6.45) is 3.17. The minimum absolute atomic E-state index is 0.357. The van der Waals surface area contributed by atoms with Crippen molar-refractivity contribution in [1.82, 2.24) is 4.98 Å². The number of hydrogen-bond acceptors (Lipinski definition) is 4. The molecule has 1 aromatic heterocycles. The van der Waals surface area contributed by atoms with Crippen LogP contribution in [-0.2, 0) is 16.8 Å². The first-order chi connectivity index (χ1) is 8.54. The molecule has 18 heavy (non-hydrogen) atoms. The number of carbonyl (C=O) groups is 1. The number of rotatable bonds is 7. The van der Waals surface area contributed by atoms with Crippen molar-refractivity contribution in [2.24, 2.45) is 0 Å². The fourth-order valence-corrected chi connectivity index (χ4v) is 3.31. The number of aromatic nitrogens is 1. The standard InChI is InChI=1S/C13H21NO3S/c1-5-8-9-10(11(15)16)18-12(14-9)13(6-2,7-3)17-4/h5-8H2,1-4H3,(H,15,16). The minimum atomic E-state index is -0.889. The molecule has 0 unspecified atom stereocenters.